The molecule has 3 rings (SSSR count). The number of ketones is 1. The number of nitrogens with zero attached hydrogens (tertiary/aromatic N) is 1. The van der Waals surface area contributed by atoms with Gasteiger partial charge in [0.25, 0.3) is 0 Å². The van der Waals surface area contributed by atoms with E-state index in [4.69, 9.17) is 16.3 Å². The molecular weight excluding hydrogens is 330 g/mol. The van der Waals surface area contributed by atoms with E-state index in [1.54, 1.807) is 13.2 Å². The van der Waals surface area contributed by atoms with Crippen LogP contribution in [0.15, 0.2) is 41.8 Å². The van der Waals surface area contributed by atoms with Gasteiger partial charge in [-0.05, 0) is 60.4 Å². The van der Waals surface area contributed by atoms with Crippen LogP contribution in [0.5, 0.6) is 5.75 Å². The van der Waals surface area contributed by atoms with Crippen LogP contribution in [0, 0.1) is 6.92 Å². The molecule has 0 aliphatic carbocycles. The van der Waals surface area contributed by atoms with Crippen LogP contribution in [0.25, 0.3) is 17.0 Å². The van der Waals surface area contributed by atoms with Crippen molar-refractivity contribution >= 4 is 45.7 Å². The number of hydrogen-bond acceptors (Lipinski definition) is 4. The lowest BCUT2D eigenvalue weighted by Gasteiger charge is -2.04. The van der Waals surface area contributed by atoms with Crippen molar-refractivity contribution in [1.82, 2.24) is 4.98 Å². The minimum Gasteiger partial charge on any atom is -0.497 e. The van der Waals surface area contributed by atoms with Crippen molar-refractivity contribution in [3.05, 3.63) is 62.9 Å². The van der Waals surface area contributed by atoms with Gasteiger partial charge in [-0.1, -0.05) is 11.6 Å². The lowest BCUT2D eigenvalue weighted by atomic mass is 10.1. The summed E-state index contributed by atoms with van der Waals surface area (Å²) < 4.78 is 5.22. The molecule has 0 unspecified atom stereocenters. The SMILES string of the molecule is COc1ccc2nc(Cl)c(/C=C/C(=O)c3sccc3C)cc2c1. The summed E-state index contributed by atoms with van der Waals surface area (Å²) in [7, 11) is 1.62. The Morgan fingerprint density at radius 2 is 2.13 bits per heavy atom. The van der Waals surface area contributed by atoms with Crippen LogP contribution in [0.4, 0.5) is 0 Å². The highest BCUT2D eigenvalue weighted by Gasteiger charge is 2.08. The molecule has 23 heavy (non-hydrogen) atoms. The molecule has 3 aromatic rings. The van der Waals surface area contributed by atoms with E-state index in [-0.39, 0.29) is 5.78 Å². The zero-order chi connectivity index (χ0) is 16.4. The lowest BCUT2D eigenvalue weighted by molar-refractivity contribution is 0.105. The topological polar surface area (TPSA) is 39.2 Å². The molecular formula is C18H14ClNO2S. The van der Waals surface area contributed by atoms with Crippen LogP contribution in [-0.2, 0) is 0 Å². The van der Waals surface area contributed by atoms with E-state index in [1.165, 1.54) is 17.4 Å². The molecule has 3 nitrogen and oxygen atoms in total. The third kappa shape index (κ3) is 3.28. The summed E-state index contributed by atoms with van der Waals surface area (Å²) >= 11 is 7.65. The smallest absolute Gasteiger partial charge is 0.196 e. The second-order valence-corrected chi connectivity index (χ2v) is 6.33. The maximum absolute atomic E-state index is 12.2. The highest BCUT2D eigenvalue weighted by atomic mass is 35.5. The molecule has 0 amide bonds. The number of ether oxygens (including phenoxy) is 1. The third-order valence-electron chi connectivity index (χ3n) is 3.50. The zero-order valence-electron chi connectivity index (χ0n) is 12.7. The molecule has 0 saturated heterocycles. The van der Waals surface area contributed by atoms with Gasteiger partial charge in [-0.25, -0.2) is 4.98 Å². The van der Waals surface area contributed by atoms with Gasteiger partial charge in [0.2, 0.25) is 0 Å². The number of carbonyl (C=O) groups is 1. The second-order valence-electron chi connectivity index (χ2n) is 5.06. The van der Waals surface area contributed by atoms with E-state index in [0.717, 1.165) is 27.1 Å². The monoisotopic (exact) mass is 343 g/mol. The van der Waals surface area contributed by atoms with Crippen molar-refractivity contribution < 1.29 is 9.53 Å². The molecule has 0 spiro atoms. The van der Waals surface area contributed by atoms with Gasteiger partial charge >= 0.3 is 0 Å². The summed E-state index contributed by atoms with van der Waals surface area (Å²) in [5.74, 6) is 0.723. The number of rotatable bonds is 4. The Hall–Kier alpha value is -2.17. The molecule has 0 bridgehead atoms. The molecule has 0 aliphatic rings. The van der Waals surface area contributed by atoms with Gasteiger partial charge in [0.15, 0.2) is 5.78 Å². The molecule has 0 saturated carbocycles. The molecule has 0 atom stereocenters. The Bertz CT molecular complexity index is 915. The number of pyridine rings is 1. The van der Waals surface area contributed by atoms with Crippen molar-refractivity contribution in [3.8, 4) is 5.75 Å². The molecule has 0 fully saturated rings. The Kier molecular flexibility index (Phi) is 4.46. The number of fused-ring (bicyclic) bond motifs is 1. The number of methoxy groups -OCH3 is 1. The molecule has 0 radical (unpaired) electrons. The normalized spacial score (nSPS) is 11.3. The number of thiophene rings is 1. The predicted molar refractivity (Wildman–Crippen MR) is 95.7 cm³/mol. The van der Waals surface area contributed by atoms with Crippen LogP contribution < -0.4 is 4.74 Å². The largest absolute Gasteiger partial charge is 0.497 e. The number of aryl methyl sites for hydroxylation is 1. The number of halogens is 1. The van der Waals surface area contributed by atoms with E-state index >= 15 is 0 Å². The quantitative estimate of drug-likeness (QED) is 0.373. The minimum absolute atomic E-state index is 0.0284. The fraction of sp³-hybridized carbons (Fsp3) is 0.111. The molecule has 5 heteroatoms. The highest BCUT2D eigenvalue weighted by molar-refractivity contribution is 7.12. The predicted octanol–water partition coefficient (Wildman–Crippen LogP) is 5.16. The molecule has 2 aromatic heterocycles. The first-order valence-electron chi connectivity index (χ1n) is 6.99. The van der Waals surface area contributed by atoms with Crippen molar-refractivity contribution in [1.29, 1.82) is 0 Å². The first kappa shape index (κ1) is 15.7. The first-order chi connectivity index (χ1) is 11.1. The molecule has 0 aliphatic heterocycles. The van der Waals surface area contributed by atoms with Gasteiger partial charge in [0, 0.05) is 10.9 Å². The Balaban J connectivity index is 1.96. The van der Waals surface area contributed by atoms with E-state index in [2.05, 4.69) is 4.98 Å². The summed E-state index contributed by atoms with van der Waals surface area (Å²) in [6, 6.07) is 9.42. The van der Waals surface area contributed by atoms with Crippen molar-refractivity contribution in [2.24, 2.45) is 0 Å². The summed E-state index contributed by atoms with van der Waals surface area (Å²) in [5, 5.41) is 3.19. The van der Waals surface area contributed by atoms with E-state index in [0.29, 0.717) is 10.7 Å². The summed E-state index contributed by atoms with van der Waals surface area (Å²) in [4.78, 5) is 17.3. The Labute approximate surface area is 143 Å². The number of aromatic nitrogens is 1. The number of benzene rings is 1. The van der Waals surface area contributed by atoms with Gasteiger partial charge < -0.3 is 4.74 Å². The Morgan fingerprint density at radius 1 is 1.30 bits per heavy atom. The van der Waals surface area contributed by atoms with Gasteiger partial charge in [0.05, 0.1) is 17.5 Å². The van der Waals surface area contributed by atoms with Gasteiger partial charge in [-0.15, -0.1) is 11.3 Å². The number of allylic oxidation sites excluding steroid dienone is 1. The van der Waals surface area contributed by atoms with E-state index < -0.39 is 0 Å². The second kappa shape index (κ2) is 6.52. The minimum atomic E-state index is -0.0284. The molecule has 0 N–H and O–H groups in total. The Morgan fingerprint density at radius 3 is 2.83 bits per heavy atom. The zero-order valence-corrected chi connectivity index (χ0v) is 14.2. The average molecular weight is 344 g/mol. The highest BCUT2D eigenvalue weighted by Crippen LogP contribution is 2.25. The van der Waals surface area contributed by atoms with Crippen molar-refractivity contribution in [2.45, 2.75) is 6.92 Å². The summed E-state index contributed by atoms with van der Waals surface area (Å²) in [6.07, 6.45) is 3.24. The summed E-state index contributed by atoms with van der Waals surface area (Å²) in [5.41, 5.74) is 2.47. The van der Waals surface area contributed by atoms with Crippen molar-refractivity contribution in [2.75, 3.05) is 7.11 Å². The van der Waals surface area contributed by atoms with Gasteiger partial charge in [0.1, 0.15) is 10.9 Å². The van der Waals surface area contributed by atoms with Crippen LogP contribution in [0.1, 0.15) is 20.8 Å². The van der Waals surface area contributed by atoms with Gasteiger partial charge in [-0.2, -0.15) is 0 Å². The first-order valence-corrected chi connectivity index (χ1v) is 8.25. The fourth-order valence-electron chi connectivity index (χ4n) is 2.26. The molecule has 2 heterocycles. The standard InChI is InChI=1S/C18H14ClNO2S/c1-11-7-8-23-17(11)16(21)6-3-12-9-13-10-14(22-2)4-5-15(13)20-18(12)19/h3-10H,1-2H3/b6-3+. The molecule has 116 valence electrons. The van der Waals surface area contributed by atoms with Crippen LogP contribution in [0.3, 0.4) is 0 Å². The fourth-order valence-corrected chi connectivity index (χ4v) is 3.31. The number of hydrogen-bond donors (Lipinski definition) is 0. The van der Waals surface area contributed by atoms with Crippen LogP contribution in [0.2, 0.25) is 5.15 Å². The lowest BCUT2D eigenvalue weighted by Crippen LogP contribution is -1.93. The van der Waals surface area contributed by atoms with Crippen LogP contribution in [-0.4, -0.2) is 17.9 Å². The molecule has 1 aromatic carbocycles. The van der Waals surface area contributed by atoms with Gasteiger partial charge in [-0.3, -0.25) is 4.79 Å². The average Bonchev–Trinajstić information content (AvgIpc) is 2.98. The van der Waals surface area contributed by atoms with Crippen LogP contribution >= 0.6 is 22.9 Å². The maximum Gasteiger partial charge on any atom is 0.196 e. The van der Waals surface area contributed by atoms with E-state index in [9.17, 15) is 4.79 Å². The number of carbonyl (C=O) groups excluding carboxylic acids is 1. The van der Waals surface area contributed by atoms with Crippen molar-refractivity contribution in [3.63, 3.8) is 0 Å². The summed E-state index contributed by atoms with van der Waals surface area (Å²) in [6.45, 7) is 1.93. The van der Waals surface area contributed by atoms with E-state index in [1.807, 2.05) is 42.6 Å². The third-order valence-corrected chi connectivity index (χ3v) is 4.84. The maximum atomic E-state index is 12.2.